The van der Waals surface area contributed by atoms with Gasteiger partial charge in [-0.1, -0.05) is 0 Å². The topological polar surface area (TPSA) is 107 Å². The maximum absolute atomic E-state index is 12.8. The van der Waals surface area contributed by atoms with Gasteiger partial charge in [0.1, 0.15) is 5.82 Å². The van der Waals surface area contributed by atoms with E-state index in [2.05, 4.69) is 9.97 Å². The first-order chi connectivity index (χ1) is 8.08. The fraction of sp³-hybridized carbons (Fsp3) is 0. The second-order valence-electron chi connectivity index (χ2n) is 3.23. The van der Waals surface area contributed by atoms with Crippen LogP contribution in [0, 0.1) is 5.82 Å². The van der Waals surface area contributed by atoms with Gasteiger partial charge in [0.25, 0.3) is 5.56 Å². The molecule has 0 bridgehead atoms. The molecule has 88 valence electrons. The number of rotatable bonds is 2. The minimum Gasteiger partial charge on any atom is -0.435 e. The van der Waals surface area contributed by atoms with Gasteiger partial charge in [-0.05, 0) is 12.1 Å². The van der Waals surface area contributed by atoms with Crippen LogP contribution < -0.4 is 21.8 Å². The van der Waals surface area contributed by atoms with Gasteiger partial charge in [0.15, 0.2) is 11.4 Å². The molecular weight excluding hydrogens is 227 g/mol. The summed E-state index contributed by atoms with van der Waals surface area (Å²) in [5.41, 5.74) is 10.4. The highest BCUT2D eigenvalue weighted by molar-refractivity contribution is 5.56. The van der Waals surface area contributed by atoms with Crippen molar-refractivity contribution in [1.29, 1.82) is 0 Å². The van der Waals surface area contributed by atoms with E-state index in [4.69, 9.17) is 16.2 Å². The Morgan fingerprint density at radius 1 is 1.35 bits per heavy atom. The number of nitrogens with two attached hydrogens (primary N) is 2. The van der Waals surface area contributed by atoms with Crippen LogP contribution in [-0.4, -0.2) is 9.97 Å². The van der Waals surface area contributed by atoms with E-state index in [0.717, 1.165) is 12.4 Å². The molecule has 1 aromatic carbocycles. The van der Waals surface area contributed by atoms with Gasteiger partial charge in [-0.25, -0.2) is 9.37 Å². The lowest BCUT2D eigenvalue weighted by Gasteiger charge is -2.08. The van der Waals surface area contributed by atoms with Gasteiger partial charge in [-0.15, -0.1) is 0 Å². The van der Waals surface area contributed by atoms with Gasteiger partial charge in [0, 0.05) is 6.07 Å². The quantitative estimate of drug-likeness (QED) is 0.670. The number of hydrogen-bond acceptors (Lipinski definition) is 5. The van der Waals surface area contributed by atoms with Crippen molar-refractivity contribution < 1.29 is 9.13 Å². The normalized spacial score (nSPS) is 10.2. The van der Waals surface area contributed by atoms with Gasteiger partial charge in [0.2, 0.25) is 5.88 Å². The Balaban J connectivity index is 2.38. The maximum Gasteiger partial charge on any atom is 0.277 e. The third-order valence-corrected chi connectivity index (χ3v) is 2.03. The molecule has 0 aliphatic rings. The van der Waals surface area contributed by atoms with Crippen molar-refractivity contribution in [3.63, 3.8) is 0 Å². The number of anilines is 2. The molecule has 0 saturated heterocycles. The molecule has 0 radical (unpaired) electrons. The molecular formula is C10H9FN4O2. The summed E-state index contributed by atoms with van der Waals surface area (Å²) >= 11 is 0. The summed E-state index contributed by atoms with van der Waals surface area (Å²) in [7, 11) is 0. The van der Waals surface area contributed by atoms with E-state index in [1.54, 1.807) is 0 Å². The molecule has 0 amide bonds. The molecule has 0 fully saturated rings. The zero-order chi connectivity index (χ0) is 12.4. The average Bonchev–Trinajstić information content (AvgIpc) is 2.28. The van der Waals surface area contributed by atoms with Crippen molar-refractivity contribution in [3.05, 3.63) is 40.7 Å². The molecule has 5 N–H and O–H groups in total. The standard InChI is InChI=1S/C10H9FN4O2/c11-5-1-2-7(6(12)3-5)17-10-8(13)9(16)14-4-15-10/h1-4H,12-13H2,(H,14,15,16). The highest BCUT2D eigenvalue weighted by Gasteiger charge is 2.09. The first-order valence-corrected chi connectivity index (χ1v) is 4.64. The molecule has 0 unspecified atom stereocenters. The Hall–Kier alpha value is -2.57. The fourth-order valence-electron chi connectivity index (χ4n) is 1.19. The first-order valence-electron chi connectivity index (χ1n) is 4.64. The van der Waals surface area contributed by atoms with Crippen LogP contribution in [0.5, 0.6) is 11.6 Å². The number of ether oxygens (including phenoxy) is 1. The Kier molecular flexibility index (Phi) is 2.65. The highest BCUT2D eigenvalue weighted by atomic mass is 19.1. The Morgan fingerprint density at radius 2 is 2.12 bits per heavy atom. The molecule has 0 aliphatic heterocycles. The lowest BCUT2D eigenvalue weighted by atomic mass is 10.3. The minimum atomic E-state index is -0.518. The van der Waals surface area contributed by atoms with Crippen LogP contribution in [-0.2, 0) is 0 Å². The van der Waals surface area contributed by atoms with Gasteiger partial charge < -0.3 is 21.2 Å². The number of nitrogens with one attached hydrogen (secondary N) is 1. The minimum absolute atomic E-state index is 0.0768. The Labute approximate surface area is 95.0 Å². The van der Waals surface area contributed by atoms with Gasteiger partial charge in [-0.2, -0.15) is 0 Å². The number of hydrogen-bond donors (Lipinski definition) is 3. The van der Waals surface area contributed by atoms with Crippen molar-refractivity contribution in [2.45, 2.75) is 0 Å². The fourth-order valence-corrected chi connectivity index (χ4v) is 1.19. The van der Waals surface area contributed by atoms with E-state index in [9.17, 15) is 9.18 Å². The van der Waals surface area contributed by atoms with Gasteiger partial charge in [-0.3, -0.25) is 4.79 Å². The summed E-state index contributed by atoms with van der Waals surface area (Å²) in [4.78, 5) is 17.2. The van der Waals surface area contributed by atoms with E-state index < -0.39 is 11.4 Å². The van der Waals surface area contributed by atoms with Gasteiger partial charge in [0.05, 0.1) is 12.0 Å². The van der Waals surface area contributed by atoms with Crippen LogP contribution in [0.15, 0.2) is 29.3 Å². The molecule has 6 nitrogen and oxygen atoms in total. The SMILES string of the molecule is Nc1cc(F)ccc1Oc1nc[nH]c(=O)c1N. The zero-order valence-electron chi connectivity index (χ0n) is 8.61. The van der Waals surface area contributed by atoms with Crippen molar-refractivity contribution in [2.24, 2.45) is 0 Å². The van der Waals surface area contributed by atoms with Crippen LogP contribution >= 0.6 is 0 Å². The maximum atomic E-state index is 12.8. The Bertz CT molecular complexity index is 611. The van der Waals surface area contributed by atoms with Crippen LogP contribution in [0.25, 0.3) is 0 Å². The predicted molar refractivity (Wildman–Crippen MR) is 60.2 cm³/mol. The zero-order valence-corrected chi connectivity index (χ0v) is 8.61. The smallest absolute Gasteiger partial charge is 0.277 e. The second kappa shape index (κ2) is 4.12. The molecule has 2 rings (SSSR count). The molecule has 0 saturated carbocycles. The number of nitrogen functional groups attached to an aromatic ring is 2. The molecule has 0 atom stereocenters. The van der Waals surface area contributed by atoms with E-state index in [1.165, 1.54) is 12.1 Å². The van der Waals surface area contributed by atoms with E-state index in [1.807, 2.05) is 0 Å². The Morgan fingerprint density at radius 3 is 2.82 bits per heavy atom. The van der Waals surface area contributed by atoms with Crippen LogP contribution in [0.3, 0.4) is 0 Å². The third-order valence-electron chi connectivity index (χ3n) is 2.03. The first kappa shape index (κ1) is 10.9. The molecule has 0 aliphatic carbocycles. The second-order valence-corrected chi connectivity index (χ2v) is 3.23. The molecule has 17 heavy (non-hydrogen) atoms. The van der Waals surface area contributed by atoms with Crippen molar-refractivity contribution in [2.75, 3.05) is 11.5 Å². The number of benzene rings is 1. The van der Waals surface area contributed by atoms with Gasteiger partial charge >= 0.3 is 0 Å². The summed E-state index contributed by atoms with van der Waals surface area (Å²) in [6, 6.07) is 3.60. The van der Waals surface area contributed by atoms with Crippen LogP contribution in [0.1, 0.15) is 0 Å². The summed E-state index contributed by atoms with van der Waals surface area (Å²) in [6.07, 6.45) is 1.15. The third kappa shape index (κ3) is 2.17. The predicted octanol–water partition coefficient (Wildman–Crippen LogP) is 0.866. The van der Waals surface area contributed by atoms with Crippen LogP contribution in [0.4, 0.5) is 15.8 Å². The van der Waals surface area contributed by atoms with Crippen LogP contribution in [0.2, 0.25) is 0 Å². The highest BCUT2D eigenvalue weighted by Crippen LogP contribution is 2.28. The number of nitrogens with zero attached hydrogens (tertiary/aromatic N) is 1. The van der Waals surface area contributed by atoms with E-state index in [0.29, 0.717) is 0 Å². The average molecular weight is 236 g/mol. The molecule has 2 aromatic rings. The van der Waals surface area contributed by atoms with E-state index in [-0.39, 0.29) is 23.0 Å². The molecule has 1 aromatic heterocycles. The summed E-state index contributed by atoms with van der Waals surface area (Å²) in [6.45, 7) is 0. The number of H-pyrrole nitrogens is 1. The number of aromatic amines is 1. The lowest BCUT2D eigenvalue weighted by Crippen LogP contribution is -2.13. The van der Waals surface area contributed by atoms with E-state index >= 15 is 0 Å². The molecule has 0 spiro atoms. The monoisotopic (exact) mass is 236 g/mol. The number of aromatic nitrogens is 2. The lowest BCUT2D eigenvalue weighted by molar-refractivity contribution is 0.464. The van der Waals surface area contributed by atoms with Crippen molar-refractivity contribution in [3.8, 4) is 11.6 Å². The number of halogens is 1. The summed E-state index contributed by atoms with van der Waals surface area (Å²) in [5, 5.41) is 0. The largest absolute Gasteiger partial charge is 0.435 e. The summed E-state index contributed by atoms with van der Waals surface area (Å²) in [5.74, 6) is -0.384. The molecule has 7 heteroatoms. The van der Waals surface area contributed by atoms with Crippen molar-refractivity contribution in [1.82, 2.24) is 9.97 Å². The summed E-state index contributed by atoms with van der Waals surface area (Å²) < 4.78 is 18.0. The molecule has 1 heterocycles. The van der Waals surface area contributed by atoms with Crippen molar-refractivity contribution >= 4 is 11.4 Å².